The molecule has 0 fully saturated rings. The van der Waals surface area contributed by atoms with Crippen LogP contribution in [0.25, 0.3) is 88.0 Å². The summed E-state index contributed by atoms with van der Waals surface area (Å²) >= 11 is 0. The van der Waals surface area contributed by atoms with E-state index in [-0.39, 0.29) is 35.4 Å². The molecule has 11 rings (SSSR count). The molecule has 2 heteroatoms. The molecule has 0 aliphatic rings. The van der Waals surface area contributed by atoms with Crippen molar-refractivity contribution in [3.63, 3.8) is 0 Å². The number of anilines is 3. The fraction of sp³-hybridized carbons (Fsp3) is 0. The first kappa shape index (κ1) is 29.6. The molecular weight excluding hydrogens is 703 g/mol. The van der Waals surface area contributed by atoms with Crippen molar-refractivity contribution in [3.05, 3.63) is 224 Å². The minimum Gasteiger partial charge on any atom is -0.456 e. The quantitative estimate of drug-likeness (QED) is 0.162. The summed E-state index contributed by atoms with van der Waals surface area (Å²) in [7, 11) is 0. The second-order valence-corrected chi connectivity index (χ2v) is 14.5. The first-order valence-electron chi connectivity index (χ1n) is 21.5. The zero-order valence-corrected chi connectivity index (χ0v) is 31.4. The predicted octanol–water partition coefficient (Wildman–Crippen LogP) is 16.0. The SMILES string of the molecule is [2H]c1c([2H])c(N(c2ccccc2-c2ccccc2)c2ccccc2-c2cccc3oc4cc5ccccc5cc4c23)c([2H])c([2H])c1-c1ccc(-c2cccc3ccccc23)cc1. The van der Waals surface area contributed by atoms with Gasteiger partial charge in [-0.15, -0.1) is 0 Å². The van der Waals surface area contributed by atoms with Gasteiger partial charge in [-0.2, -0.15) is 0 Å². The second kappa shape index (κ2) is 14.1. The molecule has 0 aliphatic carbocycles. The lowest BCUT2D eigenvalue weighted by atomic mass is 9.95. The summed E-state index contributed by atoms with van der Waals surface area (Å²) in [4.78, 5) is 1.92. The molecule has 11 aromatic rings. The molecule has 0 spiro atoms. The van der Waals surface area contributed by atoms with Crippen LogP contribution in [0.5, 0.6) is 0 Å². The van der Waals surface area contributed by atoms with Gasteiger partial charge in [-0.3, -0.25) is 0 Å². The Hall–Kier alpha value is -7.68. The van der Waals surface area contributed by atoms with Crippen LogP contribution >= 0.6 is 0 Å². The third-order valence-corrected chi connectivity index (χ3v) is 11.1. The maximum absolute atomic E-state index is 9.81. The molecule has 0 atom stereocenters. The Balaban J connectivity index is 1.13. The molecule has 0 amide bonds. The standard InChI is InChI=1S/C56H37NO/c1-2-14-41(15-3-1)48-21-8-10-25-52(48)57(45-34-32-39(33-35-45)38-28-30-42(31-29-38)47-23-12-19-40-16-6-7-20-46(40)47)53-26-11-9-22-49(53)50-24-13-27-54-56(50)51-36-43-17-4-5-18-44(43)37-55(51)58-54/h1-37H/i32D,33D,34D,35D. The van der Waals surface area contributed by atoms with Gasteiger partial charge in [-0.25, -0.2) is 0 Å². The summed E-state index contributed by atoms with van der Waals surface area (Å²) in [6.07, 6.45) is 0. The zero-order chi connectivity index (χ0) is 41.9. The predicted molar refractivity (Wildman–Crippen MR) is 245 cm³/mol. The van der Waals surface area contributed by atoms with Crippen LogP contribution in [0.3, 0.4) is 0 Å². The Bertz CT molecular complexity index is 3490. The van der Waals surface area contributed by atoms with Crippen molar-refractivity contribution in [1.29, 1.82) is 0 Å². The fourth-order valence-corrected chi connectivity index (χ4v) is 8.39. The first-order chi connectivity index (χ1) is 30.4. The molecule has 0 N–H and O–H groups in total. The minimum atomic E-state index is -0.143. The normalized spacial score (nSPS) is 12.4. The maximum Gasteiger partial charge on any atom is 0.136 e. The number of benzene rings is 10. The largest absolute Gasteiger partial charge is 0.456 e. The number of hydrogen-bond donors (Lipinski definition) is 0. The van der Waals surface area contributed by atoms with E-state index in [9.17, 15) is 5.48 Å². The summed E-state index contributed by atoms with van der Waals surface area (Å²) in [5.41, 5.74) is 9.67. The maximum atomic E-state index is 9.81. The number of furan rings is 1. The third kappa shape index (κ3) is 5.82. The molecule has 0 saturated carbocycles. The number of hydrogen-bond acceptors (Lipinski definition) is 2. The molecule has 0 bridgehead atoms. The lowest BCUT2D eigenvalue weighted by Crippen LogP contribution is -2.12. The van der Waals surface area contributed by atoms with Gasteiger partial charge >= 0.3 is 0 Å². The highest BCUT2D eigenvalue weighted by atomic mass is 16.3. The van der Waals surface area contributed by atoms with Crippen LogP contribution in [-0.2, 0) is 0 Å². The van der Waals surface area contributed by atoms with Gasteiger partial charge in [-0.1, -0.05) is 182 Å². The Labute approximate surface area is 343 Å². The van der Waals surface area contributed by atoms with Crippen molar-refractivity contribution in [2.75, 3.05) is 4.90 Å². The van der Waals surface area contributed by atoms with E-state index in [2.05, 4.69) is 60.7 Å². The van der Waals surface area contributed by atoms with E-state index in [0.717, 1.165) is 82.6 Å². The van der Waals surface area contributed by atoms with E-state index in [1.54, 1.807) is 0 Å². The molecule has 0 unspecified atom stereocenters. The summed E-state index contributed by atoms with van der Waals surface area (Å²) in [5.74, 6) is 0. The molecule has 0 saturated heterocycles. The van der Waals surface area contributed by atoms with E-state index < -0.39 is 0 Å². The number of rotatable bonds is 7. The van der Waals surface area contributed by atoms with Crippen LogP contribution in [-0.4, -0.2) is 0 Å². The van der Waals surface area contributed by atoms with Gasteiger partial charge in [0.2, 0.25) is 0 Å². The highest BCUT2D eigenvalue weighted by Gasteiger charge is 2.22. The van der Waals surface area contributed by atoms with E-state index in [0.29, 0.717) is 11.3 Å². The highest BCUT2D eigenvalue weighted by molar-refractivity contribution is 6.16. The highest BCUT2D eigenvalue weighted by Crippen LogP contribution is 2.47. The second-order valence-electron chi connectivity index (χ2n) is 14.5. The number of fused-ring (bicyclic) bond motifs is 5. The third-order valence-electron chi connectivity index (χ3n) is 11.1. The molecular formula is C56H37NO. The van der Waals surface area contributed by atoms with Crippen molar-refractivity contribution >= 4 is 60.5 Å². The van der Waals surface area contributed by atoms with Crippen LogP contribution in [0.2, 0.25) is 0 Å². The number of para-hydroxylation sites is 2. The lowest BCUT2D eigenvalue weighted by Gasteiger charge is -2.30. The topological polar surface area (TPSA) is 16.4 Å². The molecule has 1 heterocycles. The average molecular weight is 744 g/mol. The molecule has 1 aromatic heterocycles. The molecule has 58 heavy (non-hydrogen) atoms. The van der Waals surface area contributed by atoms with Gasteiger partial charge in [0, 0.05) is 27.6 Å². The average Bonchev–Trinajstić information content (AvgIpc) is 3.69. The van der Waals surface area contributed by atoms with Crippen LogP contribution in [0.1, 0.15) is 5.48 Å². The fourth-order valence-electron chi connectivity index (χ4n) is 8.39. The minimum absolute atomic E-state index is 0.117. The van der Waals surface area contributed by atoms with Gasteiger partial charge < -0.3 is 9.32 Å². The van der Waals surface area contributed by atoms with Crippen molar-refractivity contribution < 1.29 is 9.90 Å². The van der Waals surface area contributed by atoms with Gasteiger partial charge in [0.15, 0.2) is 0 Å². The van der Waals surface area contributed by atoms with Crippen LogP contribution in [0.15, 0.2) is 229 Å². The summed E-state index contributed by atoms with van der Waals surface area (Å²) < 4.78 is 45.4. The van der Waals surface area contributed by atoms with Gasteiger partial charge in [0.1, 0.15) is 11.2 Å². The van der Waals surface area contributed by atoms with E-state index in [1.807, 2.05) is 144 Å². The Morgan fingerprint density at radius 1 is 0.345 bits per heavy atom. The summed E-state index contributed by atoms with van der Waals surface area (Å²) in [6.45, 7) is 0. The Morgan fingerprint density at radius 2 is 0.897 bits per heavy atom. The number of nitrogens with zero attached hydrogens (tertiary/aromatic N) is 1. The molecule has 2 nitrogen and oxygen atoms in total. The summed E-state index contributed by atoms with van der Waals surface area (Å²) in [6, 6.07) is 66.5. The first-order valence-corrected chi connectivity index (χ1v) is 19.5. The van der Waals surface area contributed by atoms with Crippen molar-refractivity contribution in [2.24, 2.45) is 0 Å². The molecule has 0 aliphatic heterocycles. The molecule has 272 valence electrons. The smallest absolute Gasteiger partial charge is 0.136 e. The van der Waals surface area contributed by atoms with Gasteiger partial charge in [0.25, 0.3) is 0 Å². The monoisotopic (exact) mass is 743 g/mol. The van der Waals surface area contributed by atoms with E-state index in [4.69, 9.17) is 4.42 Å². The van der Waals surface area contributed by atoms with E-state index in [1.165, 1.54) is 0 Å². The zero-order valence-electron chi connectivity index (χ0n) is 35.4. The van der Waals surface area contributed by atoms with Crippen molar-refractivity contribution in [3.8, 4) is 44.5 Å². The van der Waals surface area contributed by atoms with Crippen molar-refractivity contribution in [1.82, 2.24) is 0 Å². The van der Waals surface area contributed by atoms with Crippen LogP contribution in [0.4, 0.5) is 17.1 Å². The van der Waals surface area contributed by atoms with Gasteiger partial charge in [-0.05, 0) is 97.3 Å². The van der Waals surface area contributed by atoms with Crippen molar-refractivity contribution in [2.45, 2.75) is 0 Å². The Kier molecular flexibility index (Phi) is 7.20. The van der Waals surface area contributed by atoms with E-state index >= 15 is 0 Å². The summed E-state index contributed by atoms with van der Waals surface area (Å²) in [5, 5.41) is 6.43. The van der Waals surface area contributed by atoms with Crippen LogP contribution in [0, 0.1) is 0 Å². The Morgan fingerprint density at radius 3 is 1.69 bits per heavy atom. The van der Waals surface area contributed by atoms with Gasteiger partial charge in [0.05, 0.1) is 16.9 Å². The van der Waals surface area contributed by atoms with Crippen LogP contribution < -0.4 is 4.90 Å². The molecule has 0 radical (unpaired) electrons. The molecule has 10 aromatic carbocycles. The lowest BCUT2D eigenvalue weighted by molar-refractivity contribution is 0.669.